The van der Waals surface area contributed by atoms with Gasteiger partial charge in [-0.05, 0) is 31.5 Å². The zero-order valence-corrected chi connectivity index (χ0v) is 15.6. The van der Waals surface area contributed by atoms with Crippen molar-refractivity contribution >= 4 is 28.2 Å². The third-order valence-electron chi connectivity index (χ3n) is 4.14. The summed E-state index contributed by atoms with van der Waals surface area (Å²) in [7, 11) is -2.06. The number of carbonyl (C=O) groups is 1. The molecule has 1 aromatic rings. The van der Waals surface area contributed by atoms with E-state index in [2.05, 4.69) is 10.0 Å². The molecule has 6 nitrogen and oxygen atoms in total. The molecule has 1 aromatic carbocycles. The Balaban J connectivity index is 0.00000288. The van der Waals surface area contributed by atoms with Gasteiger partial charge in [-0.3, -0.25) is 4.79 Å². The maximum Gasteiger partial charge on any atom is 0.240 e. The van der Waals surface area contributed by atoms with Crippen molar-refractivity contribution in [3.8, 4) is 0 Å². The largest absolute Gasteiger partial charge is 0.383 e. The van der Waals surface area contributed by atoms with Gasteiger partial charge in [-0.2, -0.15) is 0 Å². The lowest BCUT2D eigenvalue weighted by molar-refractivity contribution is 0.0988. The summed E-state index contributed by atoms with van der Waals surface area (Å²) in [5, 5.41) is 3.33. The summed E-state index contributed by atoms with van der Waals surface area (Å²) in [5.74, 6) is -0.0737. The molecule has 0 radical (unpaired) electrons. The van der Waals surface area contributed by atoms with E-state index in [0.29, 0.717) is 18.6 Å². The Hall–Kier alpha value is -0.990. The smallest absolute Gasteiger partial charge is 0.240 e. The van der Waals surface area contributed by atoms with Crippen LogP contribution >= 0.6 is 12.4 Å². The summed E-state index contributed by atoms with van der Waals surface area (Å²) in [4.78, 5) is 11.9. The highest BCUT2D eigenvalue weighted by Crippen LogP contribution is 2.20. The minimum atomic E-state index is -3.67. The Morgan fingerprint density at radius 1 is 1.42 bits per heavy atom. The Labute approximate surface area is 149 Å². The van der Waals surface area contributed by atoms with Gasteiger partial charge in [0, 0.05) is 25.6 Å². The predicted octanol–water partition coefficient (Wildman–Crippen LogP) is 1.75. The molecule has 0 aromatic heterocycles. The molecule has 2 N–H and O–H groups in total. The highest BCUT2D eigenvalue weighted by atomic mass is 35.5. The van der Waals surface area contributed by atoms with Gasteiger partial charge in [0.15, 0.2) is 5.78 Å². The second-order valence-electron chi connectivity index (χ2n) is 5.87. The van der Waals surface area contributed by atoms with E-state index in [1.165, 1.54) is 12.1 Å². The molecule has 1 fully saturated rings. The monoisotopic (exact) mass is 376 g/mol. The molecule has 8 heteroatoms. The number of ketones is 1. The number of nitrogens with one attached hydrogen (secondary N) is 2. The van der Waals surface area contributed by atoms with E-state index in [-0.39, 0.29) is 35.2 Å². The van der Waals surface area contributed by atoms with Crippen molar-refractivity contribution in [2.75, 3.05) is 26.8 Å². The van der Waals surface area contributed by atoms with Crippen molar-refractivity contribution in [1.29, 1.82) is 0 Å². The van der Waals surface area contributed by atoms with Crippen LogP contribution in [0.5, 0.6) is 0 Å². The Morgan fingerprint density at radius 3 is 2.75 bits per heavy atom. The average molecular weight is 377 g/mol. The average Bonchev–Trinajstić information content (AvgIpc) is 3.02. The van der Waals surface area contributed by atoms with Gasteiger partial charge in [0.1, 0.15) is 0 Å². The van der Waals surface area contributed by atoms with Crippen LogP contribution < -0.4 is 10.0 Å². The standard InChI is InChI=1S/C16H24N2O4S.ClH/c1-3-15(19)13-6-4-7-14(10-13)23(20,21)18-11-16(12-22-2)8-5-9-17-16;/h4,6-7,10,17-18H,3,5,8-9,11-12H2,1-2H3;1H. The van der Waals surface area contributed by atoms with Gasteiger partial charge in [0.2, 0.25) is 10.0 Å². The highest BCUT2D eigenvalue weighted by molar-refractivity contribution is 7.89. The number of methoxy groups -OCH3 is 1. The Bertz CT molecular complexity index is 658. The van der Waals surface area contributed by atoms with Crippen molar-refractivity contribution in [2.45, 2.75) is 36.6 Å². The molecule has 1 aliphatic heterocycles. The quantitative estimate of drug-likeness (QED) is 0.675. The normalized spacial score (nSPS) is 20.6. The number of hydrogen-bond acceptors (Lipinski definition) is 5. The molecule has 136 valence electrons. The lowest BCUT2D eigenvalue weighted by Gasteiger charge is -2.28. The van der Waals surface area contributed by atoms with E-state index in [0.717, 1.165) is 19.4 Å². The fourth-order valence-corrected chi connectivity index (χ4v) is 4.00. The lowest BCUT2D eigenvalue weighted by atomic mass is 9.99. The fraction of sp³-hybridized carbons (Fsp3) is 0.562. The summed E-state index contributed by atoms with van der Waals surface area (Å²) in [6.07, 6.45) is 2.20. The van der Waals surface area contributed by atoms with Crippen LogP contribution in [-0.2, 0) is 14.8 Å². The number of halogens is 1. The molecule has 24 heavy (non-hydrogen) atoms. The minimum Gasteiger partial charge on any atom is -0.383 e. The number of ether oxygens (including phenoxy) is 1. The predicted molar refractivity (Wildman–Crippen MR) is 95.3 cm³/mol. The zero-order chi connectivity index (χ0) is 16.9. The topological polar surface area (TPSA) is 84.5 Å². The first-order chi connectivity index (χ1) is 10.9. The van der Waals surface area contributed by atoms with Crippen LogP contribution in [0.1, 0.15) is 36.5 Å². The first-order valence-corrected chi connectivity index (χ1v) is 9.28. The molecule has 1 atom stereocenters. The van der Waals surface area contributed by atoms with Gasteiger partial charge < -0.3 is 10.1 Å². The maximum absolute atomic E-state index is 12.5. The Kier molecular flexibility index (Phi) is 7.82. The molecule has 0 amide bonds. The molecule has 0 aliphatic carbocycles. The molecular weight excluding hydrogens is 352 g/mol. The number of hydrogen-bond donors (Lipinski definition) is 2. The van der Waals surface area contributed by atoms with Crippen LogP contribution in [-0.4, -0.2) is 46.5 Å². The third-order valence-corrected chi connectivity index (χ3v) is 5.54. The van der Waals surface area contributed by atoms with E-state index >= 15 is 0 Å². The molecule has 0 saturated carbocycles. The number of rotatable bonds is 8. The van der Waals surface area contributed by atoms with Gasteiger partial charge in [-0.25, -0.2) is 13.1 Å². The maximum atomic E-state index is 12.5. The van der Waals surface area contributed by atoms with Crippen molar-refractivity contribution in [3.63, 3.8) is 0 Å². The van der Waals surface area contributed by atoms with Crippen molar-refractivity contribution in [3.05, 3.63) is 29.8 Å². The summed E-state index contributed by atoms with van der Waals surface area (Å²) in [5.41, 5.74) is 0.0551. The second-order valence-corrected chi connectivity index (χ2v) is 7.64. The molecule has 1 aliphatic rings. The fourth-order valence-electron chi connectivity index (χ4n) is 2.83. The van der Waals surface area contributed by atoms with Crippen LogP contribution in [0, 0.1) is 0 Å². The van der Waals surface area contributed by atoms with Gasteiger partial charge in [0.25, 0.3) is 0 Å². The van der Waals surface area contributed by atoms with Crippen molar-refractivity contribution < 1.29 is 17.9 Å². The lowest BCUT2D eigenvalue weighted by Crippen LogP contribution is -2.52. The first kappa shape index (κ1) is 21.1. The molecule has 1 saturated heterocycles. The Morgan fingerprint density at radius 2 is 2.17 bits per heavy atom. The van der Waals surface area contributed by atoms with Crippen molar-refractivity contribution in [2.24, 2.45) is 0 Å². The van der Waals surface area contributed by atoms with Crippen LogP contribution in [0.2, 0.25) is 0 Å². The summed E-state index contributed by atoms with van der Waals surface area (Å²) in [6, 6.07) is 6.16. The molecule has 2 rings (SSSR count). The third kappa shape index (κ3) is 5.00. The van der Waals surface area contributed by atoms with Crippen LogP contribution in [0.15, 0.2) is 29.2 Å². The molecular formula is C16H25ClN2O4S. The van der Waals surface area contributed by atoms with Gasteiger partial charge in [-0.15, -0.1) is 12.4 Å². The van der Waals surface area contributed by atoms with Crippen LogP contribution in [0.3, 0.4) is 0 Å². The highest BCUT2D eigenvalue weighted by Gasteiger charge is 2.34. The zero-order valence-electron chi connectivity index (χ0n) is 14.0. The number of benzene rings is 1. The first-order valence-electron chi connectivity index (χ1n) is 7.79. The van der Waals surface area contributed by atoms with E-state index in [9.17, 15) is 13.2 Å². The molecule has 0 spiro atoms. The minimum absolute atomic E-state index is 0. The van der Waals surface area contributed by atoms with E-state index in [4.69, 9.17) is 4.74 Å². The molecule has 1 heterocycles. The second kappa shape index (κ2) is 8.92. The van der Waals surface area contributed by atoms with Gasteiger partial charge in [-0.1, -0.05) is 19.1 Å². The number of Topliss-reactive ketones (excluding diaryl/α,β-unsaturated/α-hetero) is 1. The van der Waals surface area contributed by atoms with Gasteiger partial charge >= 0.3 is 0 Å². The number of carbonyl (C=O) groups excluding carboxylic acids is 1. The van der Waals surface area contributed by atoms with E-state index in [1.54, 1.807) is 26.2 Å². The SMILES string of the molecule is CCC(=O)c1cccc(S(=O)(=O)NCC2(COC)CCCN2)c1.Cl. The molecule has 1 unspecified atom stereocenters. The van der Waals surface area contributed by atoms with E-state index in [1.807, 2.05) is 0 Å². The van der Waals surface area contributed by atoms with E-state index < -0.39 is 10.0 Å². The summed E-state index contributed by atoms with van der Waals surface area (Å²) >= 11 is 0. The summed E-state index contributed by atoms with van der Waals surface area (Å²) in [6.45, 7) is 3.31. The summed E-state index contributed by atoms with van der Waals surface area (Å²) < 4.78 is 32.9. The van der Waals surface area contributed by atoms with Gasteiger partial charge in [0.05, 0.1) is 17.0 Å². The molecule has 0 bridgehead atoms. The van der Waals surface area contributed by atoms with Crippen LogP contribution in [0.4, 0.5) is 0 Å². The van der Waals surface area contributed by atoms with Crippen LogP contribution in [0.25, 0.3) is 0 Å². The van der Waals surface area contributed by atoms with Crippen molar-refractivity contribution in [1.82, 2.24) is 10.0 Å². The number of sulfonamides is 1.